The Morgan fingerprint density at radius 1 is 0.772 bits per heavy atom. The quantitative estimate of drug-likeness (QED) is 0.157. The van der Waals surface area contributed by atoms with Gasteiger partial charge in [-0.3, -0.25) is 45.2 Å². The van der Waals surface area contributed by atoms with Crippen molar-refractivity contribution in [3.05, 3.63) is 31.6 Å². The first kappa shape index (κ1) is 47.3. The highest BCUT2D eigenvalue weighted by Crippen LogP contribution is 2.34. The Balaban J connectivity index is 0.000000229. The summed E-state index contributed by atoms with van der Waals surface area (Å²) < 4.78 is 86.2. The Labute approximate surface area is 327 Å². The van der Waals surface area contributed by atoms with Crippen LogP contribution in [0.4, 0.5) is 35.9 Å². The van der Waals surface area contributed by atoms with E-state index in [1.807, 2.05) is 4.98 Å². The average molecular weight is 876 g/mol. The maximum atomic E-state index is 12.7. The average Bonchev–Trinajstić information content (AvgIpc) is 3.79. The number of H-pyrrole nitrogens is 2. The number of aliphatic hydroxyl groups is 4. The number of aromatic nitrogens is 2. The first-order chi connectivity index (χ1) is 26.0. The number of carbonyl (C=O) groups is 4. The summed E-state index contributed by atoms with van der Waals surface area (Å²) in [4.78, 5) is 75.6. The predicted molar refractivity (Wildman–Crippen MR) is 180 cm³/mol. The molecule has 9 N–H and O–H groups in total. The van der Waals surface area contributed by atoms with Crippen LogP contribution in [0.5, 0.6) is 0 Å². The molecule has 1 aromatic rings. The van der Waals surface area contributed by atoms with Crippen LogP contribution in [0.25, 0.3) is 0 Å². The van der Waals surface area contributed by atoms with Gasteiger partial charge in [0.1, 0.15) is 29.7 Å². The molecule has 5 fully saturated rings. The molecule has 8 atom stereocenters. The first-order valence-electron chi connectivity index (χ1n) is 16.6. The van der Waals surface area contributed by atoms with Gasteiger partial charge < -0.3 is 39.8 Å². The molecule has 6 rings (SSSR count). The van der Waals surface area contributed by atoms with E-state index in [9.17, 15) is 65.3 Å². The number of carbonyl (C=O) groups excluding carboxylic acids is 4. The maximum Gasteiger partial charge on any atom is 0.402 e. The molecule has 0 radical (unpaired) electrons. The number of aromatic amines is 2. The number of urea groups is 2. The lowest BCUT2D eigenvalue weighted by Gasteiger charge is -2.36. The van der Waals surface area contributed by atoms with Crippen LogP contribution < -0.4 is 21.9 Å². The molecule has 6 heterocycles. The Morgan fingerprint density at radius 3 is 1.56 bits per heavy atom. The number of alkyl halides is 6. The largest absolute Gasteiger partial charge is 0.402 e. The number of nitrogens with one attached hydrogen (secondary N) is 5. The van der Waals surface area contributed by atoms with Crippen LogP contribution in [0.2, 0.25) is 5.02 Å². The molecule has 5 saturated heterocycles. The number of rotatable bonds is 6. The summed E-state index contributed by atoms with van der Waals surface area (Å²) in [5.74, 6) is -6.98. The van der Waals surface area contributed by atoms with E-state index in [2.05, 4.69) is 4.98 Å². The van der Waals surface area contributed by atoms with Gasteiger partial charge >= 0.3 is 30.1 Å². The first-order valence-corrected chi connectivity index (χ1v) is 17.0. The number of hydrogen-bond acceptors (Lipinski definition) is 13. The molecule has 0 aromatic carbocycles. The topological polar surface area (TPSA) is 291 Å². The summed E-state index contributed by atoms with van der Waals surface area (Å²) in [6, 6.07) is -2.02. The van der Waals surface area contributed by atoms with Gasteiger partial charge in [-0.15, -0.1) is 12.4 Å². The number of amides is 6. The molecule has 28 heteroatoms. The summed E-state index contributed by atoms with van der Waals surface area (Å²) in [5.41, 5.74) is -0.802. The molecule has 5 aliphatic heterocycles. The Kier molecular flexibility index (Phi) is 15.9. The minimum atomic E-state index is -4.78. The smallest absolute Gasteiger partial charge is 0.394 e. The maximum absolute atomic E-state index is 12.7. The molecule has 0 bridgehead atoms. The number of imide groups is 2. The highest BCUT2D eigenvalue weighted by Gasteiger charge is 2.53. The van der Waals surface area contributed by atoms with Crippen molar-refractivity contribution < 1.29 is 75.4 Å². The van der Waals surface area contributed by atoms with Crippen molar-refractivity contribution in [2.45, 2.75) is 81.5 Å². The van der Waals surface area contributed by atoms with Crippen LogP contribution in [0, 0.1) is 17.2 Å². The van der Waals surface area contributed by atoms with Gasteiger partial charge in [0.2, 0.25) is 11.8 Å². The van der Waals surface area contributed by atoms with Gasteiger partial charge in [0.25, 0.3) is 5.56 Å². The van der Waals surface area contributed by atoms with Gasteiger partial charge in [-0.2, -0.15) is 26.3 Å². The van der Waals surface area contributed by atoms with E-state index in [4.69, 9.17) is 36.7 Å². The van der Waals surface area contributed by atoms with Crippen LogP contribution in [0.3, 0.4) is 0 Å². The van der Waals surface area contributed by atoms with Crippen LogP contribution in [-0.2, 0) is 25.6 Å². The normalized spacial score (nSPS) is 29.2. The van der Waals surface area contributed by atoms with Crippen molar-refractivity contribution in [3.63, 3.8) is 0 Å². The van der Waals surface area contributed by atoms with Crippen molar-refractivity contribution in [1.82, 2.24) is 35.3 Å². The number of nitrogens with zero attached hydrogens (tertiary/aromatic N) is 3. The second-order valence-corrected chi connectivity index (χ2v) is 13.4. The summed E-state index contributed by atoms with van der Waals surface area (Å²) in [5, 5.41) is 47.7. The van der Waals surface area contributed by atoms with Crippen molar-refractivity contribution in [2.24, 2.45) is 11.8 Å². The van der Waals surface area contributed by atoms with Crippen LogP contribution in [0.15, 0.2) is 9.59 Å². The highest BCUT2D eigenvalue weighted by atomic mass is 35.5. The number of likely N-dealkylation sites (tertiary alicyclic amines) is 1. The van der Waals surface area contributed by atoms with Gasteiger partial charge in [-0.25, -0.2) is 14.4 Å². The van der Waals surface area contributed by atoms with Crippen molar-refractivity contribution in [1.29, 1.82) is 5.41 Å². The summed E-state index contributed by atoms with van der Waals surface area (Å²) in [6.07, 6.45) is -14.5. The lowest BCUT2D eigenvalue weighted by atomic mass is 10.1. The molecule has 0 spiro atoms. The molecule has 20 nitrogen and oxygen atoms in total. The summed E-state index contributed by atoms with van der Waals surface area (Å²) >= 11 is 5.78. The van der Waals surface area contributed by atoms with Crippen molar-refractivity contribution in [3.8, 4) is 0 Å². The van der Waals surface area contributed by atoms with E-state index in [1.165, 1.54) is 0 Å². The zero-order valence-electron chi connectivity index (χ0n) is 29.1. The molecule has 0 aliphatic carbocycles. The lowest BCUT2D eigenvalue weighted by Crippen LogP contribution is -2.60. The van der Waals surface area contributed by atoms with Crippen molar-refractivity contribution in [2.75, 3.05) is 32.8 Å². The Hall–Kier alpha value is -4.05. The van der Waals surface area contributed by atoms with Gasteiger partial charge in [-0.1, -0.05) is 11.6 Å². The van der Waals surface area contributed by atoms with E-state index < -0.39 is 122 Å². The zero-order valence-corrected chi connectivity index (χ0v) is 30.7. The molecule has 6 amide bonds. The van der Waals surface area contributed by atoms with Crippen molar-refractivity contribution >= 4 is 53.7 Å². The van der Waals surface area contributed by atoms with E-state index >= 15 is 0 Å². The summed E-state index contributed by atoms with van der Waals surface area (Å²) in [6.45, 7) is -1.72. The standard InChI is InChI=1S/2C10H13F3N2O5.C9H11ClN4O2.ClH/c2*11-10(12,13)4-2-15(9(19)14-8(4)18)7-1-5(17)6(3-16)20-7;10-7-5(12-9(16)13-8(7)15)4-14-3-1-2-6(14)11;/h2*4-7,16-17H,1-3H2,(H,14,18,19);11H,1-4H2,(H2,12,13,15,16);1H/t2*4?,5-,6+,7+;;/m00../s1. The molecule has 5 aliphatic rings. The van der Waals surface area contributed by atoms with E-state index in [0.717, 1.165) is 19.4 Å². The third-order valence-corrected chi connectivity index (χ3v) is 9.56. The highest BCUT2D eigenvalue weighted by molar-refractivity contribution is 6.31. The SMILES string of the molecule is Cl.N=C1CCCN1Cc1[nH]c(=O)[nH]c(=O)c1Cl.O=C1NC(=O)N([C@H]2C[C@H](O)[C@@H](CO)O2)CC1C(F)(F)F.O=C1NC(=O)N([C@H]2C[C@H](O)[C@@H](CO)O2)CC1C(F)(F)F. The Bertz CT molecular complexity index is 1690. The van der Waals surface area contributed by atoms with Gasteiger partial charge in [0, 0.05) is 38.9 Å². The van der Waals surface area contributed by atoms with Gasteiger partial charge in [0.15, 0.2) is 11.8 Å². The van der Waals surface area contributed by atoms with E-state index in [0.29, 0.717) is 27.9 Å². The summed E-state index contributed by atoms with van der Waals surface area (Å²) in [7, 11) is 0. The monoisotopic (exact) mass is 874 g/mol. The fourth-order valence-electron chi connectivity index (χ4n) is 6.12. The molecule has 1 aromatic heterocycles. The number of aliphatic hydroxyl groups excluding tert-OH is 4. The minimum absolute atomic E-state index is 0. The number of hydrogen-bond donors (Lipinski definition) is 9. The molecular weight excluding hydrogens is 837 g/mol. The molecule has 322 valence electrons. The van der Waals surface area contributed by atoms with Crippen LogP contribution in [0.1, 0.15) is 31.4 Å². The molecule has 57 heavy (non-hydrogen) atoms. The predicted octanol–water partition coefficient (Wildman–Crippen LogP) is -0.919. The van der Waals surface area contributed by atoms with Gasteiger partial charge in [-0.05, 0) is 6.42 Å². The second-order valence-electron chi connectivity index (χ2n) is 13.0. The Morgan fingerprint density at radius 2 is 1.21 bits per heavy atom. The minimum Gasteiger partial charge on any atom is -0.394 e. The fourth-order valence-corrected chi connectivity index (χ4v) is 6.28. The molecule has 0 saturated carbocycles. The number of halogens is 8. The van der Waals surface area contributed by atoms with Crippen LogP contribution in [-0.4, -0.2) is 157 Å². The van der Waals surface area contributed by atoms with E-state index in [-0.39, 0.29) is 30.3 Å². The number of amidine groups is 1. The van der Waals surface area contributed by atoms with Gasteiger partial charge in [0.05, 0.1) is 43.5 Å². The molecular formula is C29H38Cl2F6N8O12. The second kappa shape index (κ2) is 19.1. The third kappa shape index (κ3) is 11.5. The van der Waals surface area contributed by atoms with Crippen LogP contribution >= 0.6 is 24.0 Å². The fraction of sp³-hybridized carbons (Fsp3) is 0.690. The molecule has 2 unspecified atom stereocenters. The van der Waals surface area contributed by atoms with E-state index in [1.54, 1.807) is 15.5 Å². The zero-order chi connectivity index (χ0) is 41.9. The number of ether oxygens (including phenoxy) is 2. The lowest BCUT2D eigenvalue weighted by molar-refractivity contribution is -0.193. The third-order valence-electron chi connectivity index (χ3n) is 9.16.